The smallest absolute Gasteiger partial charge is 0.266 e. The summed E-state index contributed by atoms with van der Waals surface area (Å²) >= 11 is 6.71. The number of carbonyl (C=O) groups excluding carboxylic acids is 2. The van der Waals surface area contributed by atoms with Gasteiger partial charge in [-0.05, 0) is 42.5 Å². The van der Waals surface area contributed by atoms with Crippen LogP contribution in [0.25, 0.3) is 0 Å². The summed E-state index contributed by atoms with van der Waals surface area (Å²) in [6, 6.07) is 17.9. The molecule has 1 aromatic heterocycles. The number of aromatic nitrogens is 1. The summed E-state index contributed by atoms with van der Waals surface area (Å²) in [6.45, 7) is -0.0170. The van der Waals surface area contributed by atoms with Crippen LogP contribution in [0.4, 0.5) is 14.5 Å². The monoisotopic (exact) mass is 569 g/mol. The molecule has 1 saturated carbocycles. The van der Waals surface area contributed by atoms with E-state index in [1.165, 1.54) is 17.3 Å². The molecule has 10 heteroatoms. The molecule has 0 saturated heterocycles. The quantitative estimate of drug-likeness (QED) is 0.357. The summed E-state index contributed by atoms with van der Waals surface area (Å²) in [7, 11) is 0. The van der Waals surface area contributed by atoms with E-state index < -0.39 is 53.2 Å². The third-order valence-electron chi connectivity index (χ3n) is 7.99. The van der Waals surface area contributed by atoms with E-state index in [1.807, 2.05) is 6.07 Å². The summed E-state index contributed by atoms with van der Waals surface area (Å²) in [6.07, 6.45) is -1.21. The molecule has 2 amide bonds. The number of fused-ring (bicyclic) bond motifs is 1. The Balaban J connectivity index is 1.35. The second-order valence-corrected chi connectivity index (χ2v) is 11.0. The third kappa shape index (κ3) is 5.33. The highest BCUT2D eigenvalue weighted by Crippen LogP contribution is 2.45. The Labute approximate surface area is 235 Å². The fraction of sp³-hybridized carbons (Fsp3) is 0.367. The molecular formula is C30H30ClF2N3O4. The van der Waals surface area contributed by atoms with E-state index >= 15 is 0 Å². The molecule has 40 heavy (non-hydrogen) atoms. The van der Waals surface area contributed by atoms with Crippen molar-refractivity contribution in [3.8, 4) is 0 Å². The molecule has 1 aliphatic carbocycles. The minimum Gasteiger partial charge on any atom is -0.389 e. The Bertz CT molecular complexity index is 1350. The van der Waals surface area contributed by atoms with E-state index in [0.717, 1.165) is 5.56 Å². The molecule has 2 aromatic carbocycles. The predicted octanol–water partition coefficient (Wildman–Crippen LogP) is 3.92. The highest BCUT2D eigenvalue weighted by atomic mass is 35.5. The Morgan fingerprint density at radius 3 is 2.52 bits per heavy atom. The van der Waals surface area contributed by atoms with E-state index in [1.54, 1.807) is 60.7 Å². The van der Waals surface area contributed by atoms with E-state index in [4.69, 9.17) is 11.6 Å². The highest BCUT2D eigenvalue weighted by molar-refractivity contribution is 6.21. The standard InChI is InChI=1S/C30H30ClF2N3O4/c31-23-15-24(35-28(38)19-9-6-12-34-16-19)21(27(32)33)14-20(23)17-36-25-11-5-4-10-22(25)30(40,29(36)39)26(37)13-18-7-2-1-3-8-18/h1-12,16,20-21,23-24,26-27,37,40H,13-15,17H2,(H,35,38)/t20?,21?,23?,24?,26-,30-/m1/s1. The van der Waals surface area contributed by atoms with Crippen LogP contribution in [0.15, 0.2) is 79.1 Å². The zero-order valence-electron chi connectivity index (χ0n) is 21.5. The van der Waals surface area contributed by atoms with Gasteiger partial charge >= 0.3 is 0 Å². The van der Waals surface area contributed by atoms with Gasteiger partial charge in [-0.1, -0.05) is 48.5 Å². The van der Waals surface area contributed by atoms with Crippen LogP contribution in [0.3, 0.4) is 0 Å². The van der Waals surface area contributed by atoms with Crippen LogP contribution >= 0.6 is 11.6 Å². The molecule has 0 spiro atoms. The van der Waals surface area contributed by atoms with Crippen molar-refractivity contribution in [1.82, 2.24) is 10.3 Å². The number of rotatable bonds is 8. The van der Waals surface area contributed by atoms with Gasteiger partial charge in [0.1, 0.15) is 6.10 Å². The van der Waals surface area contributed by atoms with E-state index in [-0.39, 0.29) is 36.9 Å². The number of hydrogen-bond donors (Lipinski definition) is 3. The first-order valence-electron chi connectivity index (χ1n) is 13.2. The van der Waals surface area contributed by atoms with Crippen molar-refractivity contribution in [2.75, 3.05) is 11.4 Å². The topological polar surface area (TPSA) is 103 Å². The molecule has 3 N–H and O–H groups in total. The Kier molecular flexibility index (Phi) is 8.16. The predicted molar refractivity (Wildman–Crippen MR) is 146 cm³/mol. The molecule has 1 aliphatic heterocycles. The minimum atomic E-state index is -2.72. The van der Waals surface area contributed by atoms with Crippen LogP contribution in [-0.4, -0.2) is 57.5 Å². The first kappa shape index (κ1) is 28.1. The number of halogens is 3. The summed E-state index contributed by atoms with van der Waals surface area (Å²) in [4.78, 5) is 31.6. The van der Waals surface area contributed by atoms with Gasteiger partial charge in [0, 0.05) is 48.3 Å². The largest absolute Gasteiger partial charge is 0.389 e. The van der Waals surface area contributed by atoms with Crippen molar-refractivity contribution < 1.29 is 28.6 Å². The maximum absolute atomic E-state index is 14.2. The average molecular weight is 570 g/mol. The lowest BCUT2D eigenvalue weighted by Gasteiger charge is -2.40. The fourth-order valence-corrected chi connectivity index (χ4v) is 6.21. The van der Waals surface area contributed by atoms with Crippen molar-refractivity contribution >= 4 is 29.1 Å². The number of hydrogen-bond acceptors (Lipinski definition) is 5. The lowest BCUT2D eigenvalue weighted by atomic mass is 9.77. The minimum absolute atomic E-state index is 0.0170. The van der Waals surface area contributed by atoms with Gasteiger partial charge in [0.15, 0.2) is 5.60 Å². The van der Waals surface area contributed by atoms with Crippen molar-refractivity contribution in [1.29, 1.82) is 0 Å². The first-order valence-corrected chi connectivity index (χ1v) is 13.6. The van der Waals surface area contributed by atoms with Crippen LogP contribution in [0, 0.1) is 11.8 Å². The van der Waals surface area contributed by atoms with Crippen molar-refractivity contribution in [2.24, 2.45) is 11.8 Å². The van der Waals surface area contributed by atoms with Gasteiger partial charge in [-0.15, -0.1) is 11.6 Å². The van der Waals surface area contributed by atoms with Gasteiger partial charge in [0.2, 0.25) is 6.43 Å². The van der Waals surface area contributed by atoms with Gasteiger partial charge in [-0.3, -0.25) is 14.6 Å². The molecule has 6 atom stereocenters. The van der Waals surface area contributed by atoms with E-state index in [0.29, 0.717) is 5.69 Å². The normalized spacial score (nSPS) is 26.9. The number of pyridine rings is 1. The highest BCUT2D eigenvalue weighted by Gasteiger charge is 2.55. The maximum atomic E-state index is 14.2. The van der Waals surface area contributed by atoms with Crippen LogP contribution in [0.2, 0.25) is 0 Å². The molecule has 5 rings (SSSR count). The van der Waals surface area contributed by atoms with Gasteiger partial charge in [0.25, 0.3) is 11.8 Å². The number of carbonyl (C=O) groups is 2. The zero-order chi connectivity index (χ0) is 28.4. The molecule has 0 bridgehead atoms. The zero-order valence-corrected chi connectivity index (χ0v) is 22.3. The number of para-hydroxylation sites is 1. The molecule has 0 radical (unpaired) electrons. The van der Waals surface area contributed by atoms with Crippen LogP contribution < -0.4 is 10.2 Å². The number of anilines is 1. The Hall–Kier alpha value is -3.40. The second-order valence-electron chi connectivity index (χ2n) is 10.5. The number of nitrogens with one attached hydrogen (secondary N) is 1. The van der Waals surface area contributed by atoms with Crippen LogP contribution in [0.5, 0.6) is 0 Å². The molecule has 210 valence electrons. The van der Waals surface area contributed by atoms with Crippen molar-refractivity contribution in [3.05, 3.63) is 95.8 Å². The Morgan fingerprint density at radius 1 is 1.10 bits per heavy atom. The summed E-state index contributed by atoms with van der Waals surface area (Å²) in [5, 5.41) is 24.8. The molecule has 3 aromatic rings. The van der Waals surface area contributed by atoms with Crippen molar-refractivity contribution in [3.63, 3.8) is 0 Å². The van der Waals surface area contributed by atoms with E-state index in [2.05, 4.69) is 10.3 Å². The van der Waals surface area contributed by atoms with Gasteiger partial charge in [-0.25, -0.2) is 8.78 Å². The van der Waals surface area contributed by atoms with Crippen LogP contribution in [0.1, 0.15) is 34.3 Å². The van der Waals surface area contributed by atoms with Gasteiger partial charge in [-0.2, -0.15) is 0 Å². The summed E-state index contributed by atoms with van der Waals surface area (Å²) < 4.78 is 28.5. The van der Waals surface area contributed by atoms with E-state index in [9.17, 15) is 28.6 Å². The maximum Gasteiger partial charge on any atom is 0.266 e. The molecule has 4 unspecified atom stereocenters. The average Bonchev–Trinajstić information content (AvgIpc) is 3.18. The number of benzene rings is 2. The number of alkyl halides is 3. The molecular weight excluding hydrogens is 540 g/mol. The molecule has 2 aliphatic rings. The molecule has 1 fully saturated rings. The molecule has 2 heterocycles. The summed E-state index contributed by atoms with van der Waals surface area (Å²) in [5.41, 5.74) is -0.523. The molecule has 7 nitrogen and oxygen atoms in total. The number of nitrogens with zero attached hydrogens (tertiary/aromatic N) is 2. The van der Waals surface area contributed by atoms with Crippen molar-refractivity contribution in [2.45, 2.75) is 48.8 Å². The third-order valence-corrected chi connectivity index (χ3v) is 8.53. The Morgan fingerprint density at radius 2 is 1.82 bits per heavy atom. The number of amides is 2. The summed E-state index contributed by atoms with van der Waals surface area (Å²) in [5.74, 6) is -2.96. The number of aliphatic hydroxyl groups excluding tert-OH is 1. The SMILES string of the molecule is O=C(NC1CC(Cl)C(CN2C(=O)[C@](O)([C@H](O)Cc3ccccc3)c3ccccc32)CC1C(F)F)c1cccnc1. The lowest BCUT2D eigenvalue weighted by Crippen LogP contribution is -2.53. The van der Waals surface area contributed by atoms with Gasteiger partial charge in [0.05, 0.1) is 11.3 Å². The van der Waals surface area contributed by atoms with Crippen LogP contribution in [-0.2, 0) is 16.8 Å². The fourth-order valence-electron chi connectivity index (χ4n) is 5.84. The van der Waals surface area contributed by atoms with Gasteiger partial charge < -0.3 is 20.4 Å². The lowest BCUT2D eigenvalue weighted by molar-refractivity contribution is -0.149. The second kappa shape index (κ2) is 11.6. The number of aliphatic hydroxyl groups is 2. The first-order chi connectivity index (χ1) is 19.2.